The number of sulfonamides is 1. The maximum atomic E-state index is 13.8. The number of hydrogen-bond acceptors (Lipinski definition) is 3. The van der Waals surface area contributed by atoms with Gasteiger partial charge in [0.05, 0.1) is 5.02 Å². The van der Waals surface area contributed by atoms with Crippen molar-refractivity contribution in [3.05, 3.63) is 50.8 Å². The number of hydrogen-bond donors (Lipinski definition) is 2. The molecule has 0 aliphatic rings. The average Bonchev–Trinajstić information content (AvgIpc) is 2.36. The van der Waals surface area contributed by atoms with E-state index in [2.05, 4.69) is 27.3 Å². The summed E-state index contributed by atoms with van der Waals surface area (Å²) >= 11 is 7.69. The smallest absolute Gasteiger partial charge is 0.264 e. The first kappa shape index (κ1) is 15.3. The highest BCUT2D eigenvalue weighted by Crippen LogP contribution is 2.27. The SMILES string of the molecule is Nc1cc(Cl)c(F)c(S(=O)(=O)Nc2ccc(I)cc2)c1. The van der Waals surface area contributed by atoms with Crippen LogP contribution < -0.4 is 10.5 Å². The van der Waals surface area contributed by atoms with Gasteiger partial charge in [-0.15, -0.1) is 0 Å². The number of anilines is 2. The van der Waals surface area contributed by atoms with Crippen LogP contribution in [0.4, 0.5) is 15.8 Å². The Morgan fingerprint density at radius 3 is 2.40 bits per heavy atom. The molecule has 0 saturated heterocycles. The molecule has 0 saturated carbocycles. The minimum absolute atomic E-state index is 0.0689. The van der Waals surface area contributed by atoms with E-state index in [1.54, 1.807) is 24.3 Å². The van der Waals surface area contributed by atoms with Gasteiger partial charge in [0, 0.05) is 14.9 Å². The Labute approximate surface area is 134 Å². The predicted octanol–water partition coefficient (Wildman–Crippen LogP) is 3.47. The van der Waals surface area contributed by atoms with Crippen molar-refractivity contribution >= 4 is 55.6 Å². The fourth-order valence-corrected chi connectivity index (χ4v) is 3.34. The number of halogens is 3. The maximum absolute atomic E-state index is 13.8. The van der Waals surface area contributed by atoms with Gasteiger partial charge < -0.3 is 5.73 Å². The van der Waals surface area contributed by atoms with E-state index in [9.17, 15) is 12.8 Å². The number of rotatable bonds is 3. The van der Waals surface area contributed by atoms with Crippen LogP contribution in [0.5, 0.6) is 0 Å². The molecule has 0 radical (unpaired) electrons. The highest BCUT2D eigenvalue weighted by molar-refractivity contribution is 14.1. The van der Waals surface area contributed by atoms with Crippen LogP contribution in [-0.4, -0.2) is 8.42 Å². The lowest BCUT2D eigenvalue weighted by Crippen LogP contribution is -2.15. The molecule has 0 spiro atoms. The zero-order valence-corrected chi connectivity index (χ0v) is 13.6. The van der Waals surface area contributed by atoms with Crippen molar-refractivity contribution < 1.29 is 12.8 Å². The quantitative estimate of drug-likeness (QED) is 0.583. The van der Waals surface area contributed by atoms with Crippen molar-refractivity contribution in [2.75, 3.05) is 10.5 Å². The zero-order valence-electron chi connectivity index (χ0n) is 9.90. The van der Waals surface area contributed by atoms with Gasteiger partial charge in [0.2, 0.25) is 0 Å². The van der Waals surface area contributed by atoms with Crippen LogP contribution in [0.25, 0.3) is 0 Å². The number of nitrogens with two attached hydrogens (primary N) is 1. The number of nitrogens with one attached hydrogen (secondary N) is 1. The Balaban J connectivity index is 2.43. The van der Waals surface area contributed by atoms with Crippen molar-refractivity contribution in [2.45, 2.75) is 4.90 Å². The molecule has 0 aliphatic carbocycles. The summed E-state index contributed by atoms with van der Waals surface area (Å²) in [6.45, 7) is 0. The minimum atomic E-state index is -4.09. The van der Waals surface area contributed by atoms with Crippen LogP contribution in [0.15, 0.2) is 41.3 Å². The second-order valence-electron chi connectivity index (χ2n) is 3.93. The number of nitrogen functional groups attached to an aromatic ring is 1. The van der Waals surface area contributed by atoms with Gasteiger partial charge in [-0.25, -0.2) is 12.8 Å². The lowest BCUT2D eigenvalue weighted by atomic mass is 10.3. The van der Waals surface area contributed by atoms with Crippen LogP contribution >= 0.6 is 34.2 Å². The second-order valence-corrected chi connectivity index (χ2v) is 7.23. The summed E-state index contributed by atoms with van der Waals surface area (Å²) in [4.78, 5) is -0.582. The van der Waals surface area contributed by atoms with E-state index in [4.69, 9.17) is 17.3 Å². The third-order valence-corrected chi connectivity index (χ3v) is 4.78. The first-order valence-corrected chi connectivity index (χ1v) is 8.26. The van der Waals surface area contributed by atoms with Gasteiger partial charge in [-0.1, -0.05) is 11.6 Å². The Morgan fingerprint density at radius 2 is 1.80 bits per heavy atom. The molecule has 0 unspecified atom stereocenters. The molecule has 106 valence electrons. The molecule has 0 aliphatic heterocycles. The molecule has 3 N–H and O–H groups in total. The van der Waals surface area contributed by atoms with Crippen LogP contribution in [0.1, 0.15) is 0 Å². The highest BCUT2D eigenvalue weighted by Gasteiger charge is 2.22. The van der Waals surface area contributed by atoms with Crippen LogP contribution in [0, 0.1) is 9.39 Å². The Hall–Kier alpha value is -1.06. The topological polar surface area (TPSA) is 72.2 Å². The van der Waals surface area contributed by atoms with E-state index < -0.39 is 20.7 Å². The molecule has 0 aromatic heterocycles. The summed E-state index contributed by atoms with van der Waals surface area (Å²) < 4.78 is 41.3. The molecule has 0 bridgehead atoms. The molecular formula is C12H9ClFIN2O2S. The van der Waals surface area contributed by atoms with E-state index in [1.807, 2.05) is 0 Å². The highest BCUT2D eigenvalue weighted by atomic mass is 127. The maximum Gasteiger partial charge on any atom is 0.264 e. The molecular weight excluding hydrogens is 418 g/mol. The van der Waals surface area contributed by atoms with Crippen molar-refractivity contribution in [1.29, 1.82) is 0 Å². The fourth-order valence-electron chi connectivity index (χ4n) is 1.51. The normalized spacial score (nSPS) is 11.3. The van der Waals surface area contributed by atoms with Crippen molar-refractivity contribution in [2.24, 2.45) is 0 Å². The lowest BCUT2D eigenvalue weighted by Gasteiger charge is -2.10. The fraction of sp³-hybridized carbons (Fsp3) is 0. The molecule has 2 aromatic rings. The molecule has 0 amide bonds. The largest absolute Gasteiger partial charge is 0.399 e. The standard InChI is InChI=1S/C12H9ClFIN2O2S/c13-10-5-8(16)6-11(12(10)14)20(18,19)17-9-3-1-7(15)2-4-9/h1-6,17H,16H2. The van der Waals surface area contributed by atoms with Crippen molar-refractivity contribution in [3.8, 4) is 0 Å². The van der Waals surface area contributed by atoms with Crippen LogP contribution in [0.3, 0.4) is 0 Å². The monoisotopic (exact) mass is 426 g/mol. The van der Waals surface area contributed by atoms with E-state index in [0.29, 0.717) is 5.69 Å². The Kier molecular flexibility index (Phi) is 4.40. The first-order chi connectivity index (χ1) is 9.29. The molecule has 0 atom stereocenters. The zero-order chi connectivity index (χ0) is 14.9. The molecule has 0 fully saturated rings. The molecule has 20 heavy (non-hydrogen) atoms. The van der Waals surface area contributed by atoms with Gasteiger partial charge >= 0.3 is 0 Å². The van der Waals surface area contributed by atoms with Gasteiger partial charge in [-0.05, 0) is 59.0 Å². The summed E-state index contributed by atoms with van der Waals surface area (Å²) in [7, 11) is -4.09. The molecule has 8 heteroatoms. The predicted molar refractivity (Wildman–Crippen MR) is 85.8 cm³/mol. The van der Waals surface area contributed by atoms with Crippen LogP contribution in [0.2, 0.25) is 5.02 Å². The van der Waals surface area contributed by atoms with Gasteiger partial charge in [-0.3, -0.25) is 4.72 Å². The van der Waals surface area contributed by atoms with E-state index in [1.165, 1.54) is 0 Å². The molecule has 2 rings (SSSR count). The van der Waals surface area contributed by atoms with Gasteiger partial charge in [0.1, 0.15) is 4.90 Å². The van der Waals surface area contributed by atoms with E-state index in [0.717, 1.165) is 15.7 Å². The summed E-state index contributed by atoms with van der Waals surface area (Å²) in [5.74, 6) is -1.03. The summed E-state index contributed by atoms with van der Waals surface area (Å²) in [5.41, 5.74) is 5.89. The average molecular weight is 427 g/mol. The summed E-state index contributed by atoms with van der Waals surface area (Å²) in [6, 6.07) is 8.77. The summed E-state index contributed by atoms with van der Waals surface area (Å²) in [5, 5.41) is -0.340. The van der Waals surface area contributed by atoms with Crippen molar-refractivity contribution in [1.82, 2.24) is 0 Å². The Morgan fingerprint density at radius 1 is 1.20 bits per heavy atom. The lowest BCUT2D eigenvalue weighted by molar-refractivity contribution is 0.571. The number of benzene rings is 2. The van der Waals surface area contributed by atoms with Gasteiger partial charge in [-0.2, -0.15) is 0 Å². The minimum Gasteiger partial charge on any atom is -0.399 e. The third-order valence-electron chi connectivity index (χ3n) is 2.40. The van der Waals surface area contributed by atoms with Gasteiger partial charge in [0.25, 0.3) is 10.0 Å². The molecule has 2 aromatic carbocycles. The van der Waals surface area contributed by atoms with Gasteiger partial charge in [0.15, 0.2) is 5.82 Å². The third kappa shape index (κ3) is 3.33. The molecule has 0 heterocycles. The second kappa shape index (κ2) is 5.74. The van der Waals surface area contributed by atoms with Crippen LogP contribution in [-0.2, 0) is 10.0 Å². The summed E-state index contributed by atoms with van der Waals surface area (Å²) in [6.07, 6.45) is 0. The molecule has 4 nitrogen and oxygen atoms in total. The Bertz CT molecular complexity index is 751. The first-order valence-electron chi connectivity index (χ1n) is 5.32. The van der Waals surface area contributed by atoms with E-state index >= 15 is 0 Å². The van der Waals surface area contributed by atoms with E-state index in [-0.39, 0.29) is 10.7 Å². The van der Waals surface area contributed by atoms with Crippen molar-refractivity contribution in [3.63, 3.8) is 0 Å².